The van der Waals surface area contributed by atoms with Gasteiger partial charge in [0.05, 0.1) is 5.01 Å². The number of aryl methyl sites for hydroxylation is 1. The molecule has 1 amide bonds. The molecule has 17 heavy (non-hydrogen) atoms. The van der Waals surface area contributed by atoms with Crippen LogP contribution in [0, 0.1) is 12.8 Å². The van der Waals surface area contributed by atoms with Crippen LogP contribution in [0.1, 0.15) is 28.3 Å². The molecule has 0 radical (unpaired) electrons. The quantitative estimate of drug-likeness (QED) is 0.817. The van der Waals surface area contributed by atoms with E-state index in [0.717, 1.165) is 24.6 Å². The highest BCUT2D eigenvalue weighted by Crippen LogP contribution is 2.26. The minimum absolute atomic E-state index is 0.102. The Bertz CT molecular complexity index is 417. The van der Waals surface area contributed by atoms with Crippen LogP contribution < -0.4 is 5.32 Å². The maximum atomic E-state index is 12.2. The lowest BCUT2D eigenvalue weighted by atomic mass is 9.94. The summed E-state index contributed by atoms with van der Waals surface area (Å²) in [5, 5.41) is 6.34. The molecular formula is C12H17N3OS. The molecule has 0 saturated carbocycles. The molecule has 1 N–H and O–H groups in total. The molecule has 3 rings (SSSR count). The number of thiazole rings is 1. The first kappa shape index (κ1) is 11.2. The van der Waals surface area contributed by atoms with Crippen molar-refractivity contribution in [2.45, 2.75) is 25.8 Å². The van der Waals surface area contributed by atoms with E-state index >= 15 is 0 Å². The minimum atomic E-state index is 0.102. The van der Waals surface area contributed by atoms with Crippen molar-refractivity contribution in [1.82, 2.24) is 15.2 Å². The summed E-state index contributed by atoms with van der Waals surface area (Å²) in [5.74, 6) is 0.748. The Labute approximate surface area is 105 Å². The second kappa shape index (κ2) is 4.38. The van der Waals surface area contributed by atoms with Crippen LogP contribution in [0.3, 0.4) is 0 Å². The van der Waals surface area contributed by atoms with E-state index < -0.39 is 0 Å². The smallest absolute Gasteiger partial charge is 0.273 e. The number of amides is 1. The number of hydrogen-bond donors (Lipinski definition) is 1. The van der Waals surface area contributed by atoms with Gasteiger partial charge in [0.1, 0.15) is 5.69 Å². The topological polar surface area (TPSA) is 45.2 Å². The molecule has 2 aliphatic rings. The van der Waals surface area contributed by atoms with E-state index in [1.165, 1.54) is 12.8 Å². The molecule has 0 aliphatic carbocycles. The fraction of sp³-hybridized carbons (Fsp3) is 0.667. The monoisotopic (exact) mass is 251 g/mol. The summed E-state index contributed by atoms with van der Waals surface area (Å²) in [4.78, 5) is 18.5. The lowest BCUT2D eigenvalue weighted by Gasteiger charge is -2.24. The summed E-state index contributed by atoms with van der Waals surface area (Å²) in [7, 11) is 0. The second-order valence-electron chi connectivity index (χ2n) is 4.92. The van der Waals surface area contributed by atoms with Gasteiger partial charge in [-0.2, -0.15) is 0 Å². The normalized spacial score (nSPS) is 28.2. The van der Waals surface area contributed by atoms with Crippen LogP contribution in [-0.4, -0.2) is 41.5 Å². The van der Waals surface area contributed by atoms with Gasteiger partial charge in [-0.15, -0.1) is 11.3 Å². The average Bonchev–Trinajstić information content (AvgIpc) is 2.93. The van der Waals surface area contributed by atoms with Crippen molar-refractivity contribution in [3.8, 4) is 0 Å². The number of hydrogen-bond acceptors (Lipinski definition) is 4. The predicted molar refractivity (Wildman–Crippen MR) is 67.3 cm³/mol. The molecule has 3 heterocycles. The largest absolute Gasteiger partial charge is 0.335 e. The van der Waals surface area contributed by atoms with Crippen molar-refractivity contribution < 1.29 is 4.79 Å². The van der Waals surface area contributed by atoms with E-state index in [0.29, 0.717) is 17.7 Å². The van der Waals surface area contributed by atoms with E-state index in [9.17, 15) is 4.79 Å². The number of fused-ring (bicyclic) bond motifs is 1. The number of carbonyl (C=O) groups is 1. The molecule has 1 aromatic rings. The molecule has 0 aromatic carbocycles. The van der Waals surface area contributed by atoms with Gasteiger partial charge in [0.2, 0.25) is 0 Å². The molecule has 1 aromatic heterocycles. The standard InChI is InChI=1S/C12H17N3OS/c1-8-14-11(7-17-8)12(16)15-5-9-3-2-4-13-10(9)6-15/h7,9-10,13H,2-6H2,1H3/t9-,10+/m0/s1. The number of carbonyl (C=O) groups excluding carboxylic acids is 1. The van der Waals surface area contributed by atoms with Gasteiger partial charge in [-0.1, -0.05) is 0 Å². The molecular weight excluding hydrogens is 234 g/mol. The van der Waals surface area contributed by atoms with Gasteiger partial charge < -0.3 is 10.2 Å². The van der Waals surface area contributed by atoms with Crippen molar-refractivity contribution in [2.75, 3.05) is 19.6 Å². The van der Waals surface area contributed by atoms with Gasteiger partial charge in [-0.25, -0.2) is 4.98 Å². The van der Waals surface area contributed by atoms with Gasteiger partial charge in [-0.3, -0.25) is 4.79 Å². The third-order valence-corrected chi connectivity index (χ3v) is 4.50. The van der Waals surface area contributed by atoms with Crippen LogP contribution in [-0.2, 0) is 0 Å². The Balaban J connectivity index is 1.71. The molecule has 0 unspecified atom stereocenters. The molecule has 4 nitrogen and oxygen atoms in total. The Morgan fingerprint density at radius 3 is 3.18 bits per heavy atom. The number of piperidine rings is 1. The van der Waals surface area contributed by atoms with Crippen LogP contribution in [0.5, 0.6) is 0 Å². The van der Waals surface area contributed by atoms with Crippen molar-refractivity contribution >= 4 is 17.2 Å². The zero-order valence-corrected chi connectivity index (χ0v) is 10.8. The lowest BCUT2D eigenvalue weighted by Crippen LogP contribution is -2.41. The maximum absolute atomic E-state index is 12.2. The molecule has 5 heteroatoms. The van der Waals surface area contributed by atoms with Crippen molar-refractivity contribution in [3.63, 3.8) is 0 Å². The predicted octanol–water partition coefficient (Wildman–Crippen LogP) is 1.28. The number of nitrogens with one attached hydrogen (secondary N) is 1. The van der Waals surface area contributed by atoms with Crippen LogP contribution >= 0.6 is 11.3 Å². The molecule has 2 aliphatic heterocycles. The first-order chi connectivity index (χ1) is 8.24. The molecule has 0 spiro atoms. The third-order valence-electron chi connectivity index (χ3n) is 3.72. The molecule has 2 atom stereocenters. The van der Waals surface area contributed by atoms with Gasteiger partial charge in [0.25, 0.3) is 5.91 Å². The average molecular weight is 251 g/mol. The first-order valence-corrected chi connectivity index (χ1v) is 7.07. The lowest BCUT2D eigenvalue weighted by molar-refractivity contribution is 0.0780. The highest BCUT2D eigenvalue weighted by atomic mass is 32.1. The fourth-order valence-corrected chi connectivity index (χ4v) is 3.42. The SMILES string of the molecule is Cc1nc(C(=O)N2C[C@@H]3CCCN[C@@H]3C2)cs1. The number of nitrogens with zero attached hydrogens (tertiary/aromatic N) is 2. The summed E-state index contributed by atoms with van der Waals surface area (Å²) in [6, 6.07) is 0.507. The van der Waals surface area contributed by atoms with E-state index in [1.54, 1.807) is 11.3 Å². The summed E-state index contributed by atoms with van der Waals surface area (Å²) < 4.78 is 0. The van der Waals surface area contributed by atoms with Crippen LogP contribution in [0.15, 0.2) is 5.38 Å². The summed E-state index contributed by atoms with van der Waals surface area (Å²) in [6.07, 6.45) is 2.48. The van der Waals surface area contributed by atoms with Gasteiger partial charge in [0, 0.05) is 24.5 Å². The molecule has 0 bridgehead atoms. The van der Waals surface area contributed by atoms with Crippen molar-refractivity contribution in [3.05, 3.63) is 16.1 Å². The van der Waals surface area contributed by atoms with Gasteiger partial charge in [-0.05, 0) is 32.2 Å². The zero-order valence-electron chi connectivity index (χ0n) is 9.98. The Kier molecular flexibility index (Phi) is 2.88. The first-order valence-electron chi connectivity index (χ1n) is 6.19. The highest BCUT2D eigenvalue weighted by molar-refractivity contribution is 7.09. The number of rotatable bonds is 1. The minimum Gasteiger partial charge on any atom is -0.335 e. The van der Waals surface area contributed by atoms with Crippen LogP contribution in [0.2, 0.25) is 0 Å². The van der Waals surface area contributed by atoms with Gasteiger partial charge in [0.15, 0.2) is 0 Å². The summed E-state index contributed by atoms with van der Waals surface area (Å²) >= 11 is 1.54. The summed E-state index contributed by atoms with van der Waals surface area (Å²) in [5.41, 5.74) is 0.617. The van der Waals surface area contributed by atoms with E-state index in [2.05, 4.69) is 10.3 Å². The number of likely N-dealkylation sites (tertiary alicyclic amines) is 1. The molecule has 2 saturated heterocycles. The Hall–Kier alpha value is -0.940. The number of aromatic nitrogens is 1. The van der Waals surface area contributed by atoms with E-state index in [4.69, 9.17) is 0 Å². The molecule has 92 valence electrons. The second-order valence-corrected chi connectivity index (χ2v) is 5.99. The van der Waals surface area contributed by atoms with Crippen LogP contribution in [0.4, 0.5) is 0 Å². The van der Waals surface area contributed by atoms with Crippen LogP contribution in [0.25, 0.3) is 0 Å². The van der Waals surface area contributed by atoms with E-state index in [-0.39, 0.29) is 5.91 Å². The third kappa shape index (κ3) is 2.09. The fourth-order valence-electron chi connectivity index (χ4n) is 2.84. The zero-order chi connectivity index (χ0) is 11.8. The van der Waals surface area contributed by atoms with Gasteiger partial charge >= 0.3 is 0 Å². The van der Waals surface area contributed by atoms with E-state index in [1.807, 2.05) is 17.2 Å². The molecule has 2 fully saturated rings. The summed E-state index contributed by atoms with van der Waals surface area (Å²) in [6.45, 7) is 4.78. The van der Waals surface area contributed by atoms with Crippen molar-refractivity contribution in [1.29, 1.82) is 0 Å². The van der Waals surface area contributed by atoms with Crippen molar-refractivity contribution in [2.24, 2.45) is 5.92 Å². The highest BCUT2D eigenvalue weighted by Gasteiger charge is 2.37. The Morgan fingerprint density at radius 2 is 2.47 bits per heavy atom. The Morgan fingerprint density at radius 1 is 1.59 bits per heavy atom. The maximum Gasteiger partial charge on any atom is 0.273 e.